The second-order valence-corrected chi connectivity index (χ2v) is 5.89. The minimum Gasteiger partial charge on any atom is -0.356 e. The number of nitrogens with one attached hydrogen (secondary N) is 1. The molecule has 2 heterocycles. The van der Waals surface area contributed by atoms with E-state index in [0.29, 0.717) is 29.9 Å². The third-order valence-electron chi connectivity index (χ3n) is 3.98. The Hall–Kier alpha value is -3.16. The van der Waals surface area contributed by atoms with E-state index in [1.54, 1.807) is 12.4 Å². The summed E-state index contributed by atoms with van der Waals surface area (Å²) in [6, 6.07) is 8.25. The number of amides is 1. The van der Waals surface area contributed by atoms with Crippen LogP contribution in [0.4, 0.5) is 13.2 Å². The highest BCUT2D eigenvalue weighted by Crippen LogP contribution is 2.32. The highest BCUT2D eigenvalue weighted by molar-refractivity contribution is 5.76. The quantitative estimate of drug-likeness (QED) is 0.707. The molecule has 0 aliphatic rings. The van der Waals surface area contributed by atoms with Crippen molar-refractivity contribution in [3.63, 3.8) is 0 Å². The van der Waals surface area contributed by atoms with Crippen molar-refractivity contribution in [1.29, 1.82) is 0 Å². The standard InChI is InChI=1S/C19H16F3N3O2/c20-19(21,22)16-4-1-14(2-5-16)18-15(12-25-27-18)3-6-17(26)24-11-13-7-9-23-10-8-13/h1-2,4-5,7-10,12H,3,6,11H2,(H,24,26). The summed E-state index contributed by atoms with van der Waals surface area (Å²) in [7, 11) is 0. The second kappa shape index (κ2) is 8.03. The molecule has 0 aliphatic carbocycles. The number of rotatable bonds is 6. The monoisotopic (exact) mass is 375 g/mol. The van der Waals surface area contributed by atoms with Gasteiger partial charge in [-0.05, 0) is 36.2 Å². The zero-order valence-corrected chi connectivity index (χ0v) is 14.2. The van der Waals surface area contributed by atoms with Gasteiger partial charge in [0.25, 0.3) is 0 Å². The zero-order valence-electron chi connectivity index (χ0n) is 14.2. The van der Waals surface area contributed by atoms with E-state index < -0.39 is 11.7 Å². The predicted octanol–water partition coefficient (Wildman–Crippen LogP) is 4.00. The number of hydrogen-bond acceptors (Lipinski definition) is 4. The SMILES string of the molecule is O=C(CCc1cnoc1-c1ccc(C(F)(F)F)cc1)NCc1ccncc1. The summed E-state index contributed by atoms with van der Waals surface area (Å²) in [5.74, 6) is 0.219. The maximum atomic E-state index is 12.7. The van der Waals surface area contributed by atoms with Crippen molar-refractivity contribution >= 4 is 5.91 Å². The highest BCUT2D eigenvalue weighted by atomic mass is 19.4. The average molecular weight is 375 g/mol. The third kappa shape index (κ3) is 4.93. The molecule has 3 rings (SSSR count). The van der Waals surface area contributed by atoms with Crippen LogP contribution in [0.3, 0.4) is 0 Å². The van der Waals surface area contributed by atoms with Crippen LogP contribution < -0.4 is 5.32 Å². The Morgan fingerprint density at radius 2 is 1.78 bits per heavy atom. The molecular formula is C19H16F3N3O2. The predicted molar refractivity (Wildman–Crippen MR) is 91.3 cm³/mol. The van der Waals surface area contributed by atoms with E-state index in [1.165, 1.54) is 18.3 Å². The van der Waals surface area contributed by atoms with Crippen LogP contribution in [0.2, 0.25) is 0 Å². The first-order valence-corrected chi connectivity index (χ1v) is 8.20. The molecule has 1 N–H and O–H groups in total. The van der Waals surface area contributed by atoms with Crippen LogP contribution in [0.15, 0.2) is 59.5 Å². The van der Waals surface area contributed by atoms with Crippen molar-refractivity contribution in [2.24, 2.45) is 0 Å². The number of hydrogen-bond donors (Lipinski definition) is 1. The van der Waals surface area contributed by atoms with Gasteiger partial charge in [-0.3, -0.25) is 9.78 Å². The van der Waals surface area contributed by atoms with Gasteiger partial charge in [0, 0.05) is 36.5 Å². The minimum atomic E-state index is -4.39. The molecule has 0 atom stereocenters. The number of benzene rings is 1. The molecule has 5 nitrogen and oxygen atoms in total. The molecule has 140 valence electrons. The van der Waals surface area contributed by atoms with Crippen molar-refractivity contribution in [2.75, 3.05) is 0 Å². The fourth-order valence-electron chi connectivity index (χ4n) is 2.52. The number of pyridine rings is 1. The normalized spacial score (nSPS) is 11.4. The molecule has 0 radical (unpaired) electrons. The largest absolute Gasteiger partial charge is 0.416 e. The van der Waals surface area contributed by atoms with Crippen LogP contribution in [0, 0.1) is 0 Å². The van der Waals surface area contributed by atoms with E-state index in [-0.39, 0.29) is 12.3 Å². The lowest BCUT2D eigenvalue weighted by Gasteiger charge is -2.07. The number of carbonyl (C=O) groups is 1. The summed E-state index contributed by atoms with van der Waals surface area (Å²) < 4.78 is 43.2. The number of aromatic nitrogens is 2. The topological polar surface area (TPSA) is 68.0 Å². The van der Waals surface area contributed by atoms with Gasteiger partial charge < -0.3 is 9.84 Å². The van der Waals surface area contributed by atoms with Crippen molar-refractivity contribution in [3.8, 4) is 11.3 Å². The molecule has 0 bridgehead atoms. The van der Waals surface area contributed by atoms with Gasteiger partial charge in [-0.25, -0.2) is 0 Å². The summed E-state index contributed by atoms with van der Waals surface area (Å²) >= 11 is 0. The molecule has 0 saturated carbocycles. The van der Waals surface area contributed by atoms with Gasteiger partial charge >= 0.3 is 6.18 Å². The Labute approximate surface area is 153 Å². The second-order valence-electron chi connectivity index (χ2n) is 5.89. The zero-order chi connectivity index (χ0) is 19.3. The van der Waals surface area contributed by atoms with Crippen LogP contribution in [0.25, 0.3) is 11.3 Å². The van der Waals surface area contributed by atoms with Gasteiger partial charge in [-0.15, -0.1) is 0 Å². The molecule has 0 unspecified atom stereocenters. The van der Waals surface area contributed by atoms with Crippen LogP contribution >= 0.6 is 0 Å². The van der Waals surface area contributed by atoms with Gasteiger partial charge in [-0.1, -0.05) is 17.3 Å². The number of alkyl halides is 3. The van der Waals surface area contributed by atoms with E-state index in [2.05, 4.69) is 15.5 Å². The Bertz CT molecular complexity index is 891. The Kier molecular flexibility index (Phi) is 5.54. The first-order chi connectivity index (χ1) is 12.9. The van der Waals surface area contributed by atoms with Crippen molar-refractivity contribution < 1.29 is 22.5 Å². The maximum absolute atomic E-state index is 12.7. The van der Waals surface area contributed by atoms with Gasteiger partial charge in [0.1, 0.15) is 0 Å². The van der Waals surface area contributed by atoms with Gasteiger partial charge in [-0.2, -0.15) is 13.2 Å². The molecule has 0 spiro atoms. The minimum absolute atomic E-state index is 0.147. The molecule has 1 amide bonds. The van der Waals surface area contributed by atoms with E-state index in [1.807, 2.05) is 12.1 Å². The van der Waals surface area contributed by atoms with Gasteiger partial charge in [0.05, 0.1) is 11.8 Å². The average Bonchev–Trinajstić information content (AvgIpc) is 3.13. The van der Waals surface area contributed by atoms with E-state index >= 15 is 0 Å². The fraction of sp³-hybridized carbons (Fsp3) is 0.211. The first-order valence-electron chi connectivity index (χ1n) is 8.20. The first kappa shape index (κ1) is 18.6. The molecule has 1 aromatic carbocycles. The Morgan fingerprint density at radius 1 is 1.07 bits per heavy atom. The smallest absolute Gasteiger partial charge is 0.356 e. The van der Waals surface area contributed by atoms with Crippen molar-refractivity contribution in [3.05, 3.63) is 71.7 Å². The maximum Gasteiger partial charge on any atom is 0.416 e. The van der Waals surface area contributed by atoms with Gasteiger partial charge in [0.2, 0.25) is 5.91 Å². The molecular weight excluding hydrogens is 359 g/mol. The number of nitrogens with zero attached hydrogens (tertiary/aromatic N) is 2. The van der Waals surface area contributed by atoms with E-state index in [4.69, 9.17) is 4.52 Å². The van der Waals surface area contributed by atoms with Crippen LogP contribution in [0.5, 0.6) is 0 Å². The summed E-state index contributed by atoms with van der Waals surface area (Å²) in [5.41, 5.74) is 1.35. The lowest BCUT2D eigenvalue weighted by molar-refractivity contribution is -0.137. The van der Waals surface area contributed by atoms with Crippen LogP contribution in [0.1, 0.15) is 23.1 Å². The third-order valence-corrected chi connectivity index (χ3v) is 3.98. The highest BCUT2D eigenvalue weighted by Gasteiger charge is 2.30. The van der Waals surface area contributed by atoms with E-state index in [9.17, 15) is 18.0 Å². The van der Waals surface area contributed by atoms with Crippen molar-refractivity contribution in [2.45, 2.75) is 25.6 Å². The summed E-state index contributed by atoms with van der Waals surface area (Å²) in [5, 5.41) is 6.51. The molecule has 8 heteroatoms. The van der Waals surface area contributed by atoms with Crippen LogP contribution in [-0.2, 0) is 23.9 Å². The summed E-state index contributed by atoms with van der Waals surface area (Å²) in [6.07, 6.45) is 0.949. The molecule has 0 aliphatic heterocycles. The fourth-order valence-corrected chi connectivity index (χ4v) is 2.52. The van der Waals surface area contributed by atoms with Gasteiger partial charge in [0.15, 0.2) is 5.76 Å². The lowest BCUT2D eigenvalue weighted by atomic mass is 10.0. The molecule has 3 aromatic rings. The Morgan fingerprint density at radius 3 is 2.44 bits per heavy atom. The van der Waals surface area contributed by atoms with E-state index in [0.717, 1.165) is 17.7 Å². The molecule has 0 saturated heterocycles. The van der Waals surface area contributed by atoms with Crippen molar-refractivity contribution in [1.82, 2.24) is 15.5 Å². The number of aryl methyl sites for hydroxylation is 1. The number of halogens is 3. The lowest BCUT2D eigenvalue weighted by Crippen LogP contribution is -2.23. The Balaban J connectivity index is 1.59. The molecule has 27 heavy (non-hydrogen) atoms. The molecule has 0 fully saturated rings. The summed E-state index contributed by atoms with van der Waals surface area (Å²) in [4.78, 5) is 15.9. The number of carbonyl (C=O) groups excluding carboxylic acids is 1. The molecule has 2 aromatic heterocycles. The van der Waals surface area contributed by atoms with Crippen LogP contribution in [-0.4, -0.2) is 16.0 Å². The summed E-state index contributed by atoms with van der Waals surface area (Å²) in [6.45, 7) is 0.400.